The summed E-state index contributed by atoms with van der Waals surface area (Å²) in [6.07, 6.45) is 4.49. The van der Waals surface area contributed by atoms with Gasteiger partial charge in [0.1, 0.15) is 0 Å². The van der Waals surface area contributed by atoms with Gasteiger partial charge in [-0.05, 0) is 19.3 Å². The van der Waals surface area contributed by atoms with Gasteiger partial charge in [0.25, 0.3) is 0 Å². The molecule has 0 aromatic carbocycles. The van der Waals surface area contributed by atoms with Crippen molar-refractivity contribution in [2.45, 2.75) is 25.4 Å². The van der Waals surface area contributed by atoms with Crippen LogP contribution in [0.2, 0.25) is 0 Å². The summed E-state index contributed by atoms with van der Waals surface area (Å²) in [5, 5.41) is 0. The van der Waals surface area contributed by atoms with Gasteiger partial charge < -0.3 is 4.74 Å². The molecule has 0 radical (unpaired) electrons. The molecule has 1 saturated carbocycles. The van der Waals surface area contributed by atoms with E-state index in [0.717, 1.165) is 12.4 Å². The van der Waals surface area contributed by atoms with Crippen molar-refractivity contribution >= 4 is 12.6 Å². The highest BCUT2D eigenvalue weighted by Crippen LogP contribution is 2.21. The molecule has 1 aliphatic rings. The average molecular weight is 132 g/mol. The minimum Gasteiger partial charge on any atom is -0.377 e. The quantitative estimate of drug-likeness (QED) is 0.572. The Balaban J connectivity index is 1.86. The molecule has 0 N–H and O–H groups in total. The maximum atomic E-state index is 5.35. The monoisotopic (exact) mass is 132 g/mol. The maximum absolute atomic E-state index is 5.35. The lowest BCUT2D eigenvalue weighted by molar-refractivity contribution is 0.0116. The molecular weight excluding hydrogens is 120 g/mol. The molecule has 1 rings (SSSR count). The third kappa shape index (κ3) is 1.67. The van der Waals surface area contributed by atoms with Gasteiger partial charge in [0.15, 0.2) is 0 Å². The number of ether oxygens (including phenoxy) is 1. The van der Waals surface area contributed by atoms with Gasteiger partial charge in [-0.1, -0.05) is 0 Å². The Labute approximate surface area is 55.8 Å². The van der Waals surface area contributed by atoms with Crippen LogP contribution in [-0.4, -0.2) is 18.5 Å². The smallest absolute Gasteiger partial charge is 0.0575 e. The van der Waals surface area contributed by atoms with Crippen LogP contribution < -0.4 is 0 Å². The van der Waals surface area contributed by atoms with Crippen molar-refractivity contribution in [2.24, 2.45) is 0 Å². The number of hydrogen-bond acceptors (Lipinski definition) is 2. The molecule has 0 aliphatic heterocycles. The van der Waals surface area contributed by atoms with Gasteiger partial charge >= 0.3 is 0 Å². The number of rotatable bonds is 3. The molecule has 2 heteroatoms. The Morgan fingerprint density at radius 1 is 1.50 bits per heavy atom. The van der Waals surface area contributed by atoms with Crippen molar-refractivity contribution in [1.29, 1.82) is 0 Å². The van der Waals surface area contributed by atoms with E-state index in [4.69, 9.17) is 4.74 Å². The molecule has 1 aliphatic carbocycles. The first-order valence-electron chi connectivity index (χ1n) is 3.16. The molecule has 0 amide bonds. The summed E-state index contributed by atoms with van der Waals surface area (Å²) >= 11 is 4.03. The van der Waals surface area contributed by atoms with Gasteiger partial charge in [0.05, 0.1) is 12.7 Å². The molecule has 0 bridgehead atoms. The molecular formula is C6H12OS. The van der Waals surface area contributed by atoms with Gasteiger partial charge in [-0.3, -0.25) is 0 Å². The van der Waals surface area contributed by atoms with E-state index in [2.05, 4.69) is 12.6 Å². The van der Waals surface area contributed by atoms with E-state index >= 15 is 0 Å². The third-order valence-corrected chi connectivity index (χ3v) is 1.68. The molecule has 0 unspecified atom stereocenters. The Morgan fingerprint density at radius 3 is 2.62 bits per heavy atom. The van der Waals surface area contributed by atoms with Gasteiger partial charge in [-0.25, -0.2) is 0 Å². The van der Waals surface area contributed by atoms with E-state index in [1.165, 1.54) is 19.3 Å². The summed E-state index contributed by atoms with van der Waals surface area (Å²) in [5.74, 6) is 0.858. The summed E-state index contributed by atoms with van der Waals surface area (Å²) < 4.78 is 5.35. The van der Waals surface area contributed by atoms with Crippen LogP contribution in [0.1, 0.15) is 19.3 Å². The summed E-state index contributed by atoms with van der Waals surface area (Å²) in [7, 11) is 0. The molecule has 48 valence electrons. The van der Waals surface area contributed by atoms with Gasteiger partial charge in [0.2, 0.25) is 0 Å². The fourth-order valence-corrected chi connectivity index (χ4v) is 0.862. The van der Waals surface area contributed by atoms with Crippen LogP contribution in [0.3, 0.4) is 0 Å². The average Bonchev–Trinajstić information content (AvgIpc) is 1.63. The molecule has 1 fully saturated rings. The number of thiol groups is 1. The summed E-state index contributed by atoms with van der Waals surface area (Å²) in [5.41, 5.74) is 0. The SMILES string of the molecule is SCCOC1CCC1. The molecule has 0 heterocycles. The highest BCUT2D eigenvalue weighted by Gasteiger charge is 2.16. The highest BCUT2D eigenvalue weighted by molar-refractivity contribution is 7.80. The van der Waals surface area contributed by atoms with Crippen LogP contribution in [0.5, 0.6) is 0 Å². The van der Waals surface area contributed by atoms with Crippen LogP contribution in [0, 0.1) is 0 Å². The summed E-state index contributed by atoms with van der Waals surface area (Å²) in [4.78, 5) is 0. The Hall–Kier alpha value is 0.310. The summed E-state index contributed by atoms with van der Waals surface area (Å²) in [6, 6.07) is 0. The Bertz CT molecular complexity index is 61.5. The molecule has 0 saturated heterocycles. The largest absolute Gasteiger partial charge is 0.377 e. The lowest BCUT2D eigenvalue weighted by atomic mass is 9.96. The van der Waals surface area contributed by atoms with Gasteiger partial charge in [-0.15, -0.1) is 0 Å². The van der Waals surface area contributed by atoms with Crippen LogP contribution >= 0.6 is 12.6 Å². The second kappa shape index (κ2) is 3.36. The Morgan fingerprint density at radius 2 is 2.25 bits per heavy atom. The van der Waals surface area contributed by atoms with Crippen molar-refractivity contribution in [1.82, 2.24) is 0 Å². The molecule has 0 spiro atoms. The van der Waals surface area contributed by atoms with Crippen molar-refractivity contribution in [3.63, 3.8) is 0 Å². The van der Waals surface area contributed by atoms with Gasteiger partial charge in [0, 0.05) is 5.75 Å². The highest BCUT2D eigenvalue weighted by atomic mass is 32.1. The lowest BCUT2D eigenvalue weighted by Crippen LogP contribution is -2.22. The molecule has 0 aromatic rings. The zero-order chi connectivity index (χ0) is 5.82. The van der Waals surface area contributed by atoms with E-state index in [9.17, 15) is 0 Å². The Kier molecular flexibility index (Phi) is 2.70. The van der Waals surface area contributed by atoms with Crippen LogP contribution in [0.4, 0.5) is 0 Å². The normalized spacial score (nSPS) is 20.6. The molecule has 1 nitrogen and oxygen atoms in total. The van der Waals surface area contributed by atoms with Crippen LogP contribution in [0.15, 0.2) is 0 Å². The van der Waals surface area contributed by atoms with Crippen LogP contribution in [0.25, 0.3) is 0 Å². The van der Waals surface area contributed by atoms with Crippen molar-refractivity contribution in [2.75, 3.05) is 12.4 Å². The first kappa shape index (κ1) is 6.43. The van der Waals surface area contributed by atoms with Crippen LogP contribution in [-0.2, 0) is 4.74 Å². The number of hydrogen-bond donors (Lipinski definition) is 1. The van der Waals surface area contributed by atoms with Crippen molar-refractivity contribution in [3.05, 3.63) is 0 Å². The topological polar surface area (TPSA) is 9.23 Å². The maximum Gasteiger partial charge on any atom is 0.0575 e. The predicted molar refractivity (Wildman–Crippen MR) is 37.4 cm³/mol. The zero-order valence-corrected chi connectivity index (χ0v) is 5.86. The molecule has 0 atom stereocenters. The fraction of sp³-hybridized carbons (Fsp3) is 1.00. The third-order valence-electron chi connectivity index (χ3n) is 1.50. The van der Waals surface area contributed by atoms with E-state index in [-0.39, 0.29) is 0 Å². The first-order valence-corrected chi connectivity index (χ1v) is 3.79. The fourth-order valence-electron chi connectivity index (χ4n) is 0.757. The minimum absolute atomic E-state index is 0.585. The lowest BCUT2D eigenvalue weighted by Gasteiger charge is -2.24. The molecule has 0 aromatic heterocycles. The van der Waals surface area contributed by atoms with Gasteiger partial charge in [-0.2, -0.15) is 12.6 Å². The van der Waals surface area contributed by atoms with Crippen molar-refractivity contribution in [3.8, 4) is 0 Å². The predicted octanol–water partition coefficient (Wildman–Crippen LogP) is 1.49. The van der Waals surface area contributed by atoms with E-state index in [1.807, 2.05) is 0 Å². The van der Waals surface area contributed by atoms with E-state index < -0.39 is 0 Å². The second-order valence-electron chi connectivity index (χ2n) is 2.15. The zero-order valence-electron chi connectivity index (χ0n) is 4.97. The minimum atomic E-state index is 0.585. The van der Waals surface area contributed by atoms with Crippen molar-refractivity contribution < 1.29 is 4.74 Å². The second-order valence-corrected chi connectivity index (χ2v) is 2.59. The van der Waals surface area contributed by atoms with E-state index in [1.54, 1.807) is 0 Å². The first-order chi connectivity index (χ1) is 3.93. The summed E-state index contributed by atoms with van der Waals surface area (Å²) in [6.45, 7) is 0.827. The standard InChI is InChI=1S/C6H12OS/c8-5-4-7-6-2-1-3-6/h6,8H,1-5H2. The molecule has 8 heavy (non-hydrogen) atoms. The van der Waals surface area contributed by atoms with E-state index in [0.29, 0.717) is 6.10 Å².